The van der Waals surface area contributed by atoms with Gasteiger partial charge in [0.2, 0.25) is 15.9 Å². The van der Waals surface area contributed by atoms with Crippen LogP contribution in [0.3, 0.4) is 0 Å². The Morgan fingerprint density at radius 1 is 1.06 bits per heavy atom. The van der Waals surface area contributed by atoms with E-state index in [2.05, 4.69) is 10.8 Å². The van der Waals surface area contributed by atoms with Gasteiger partial charge in [0.25, 0.3) is 0 Å². The van der Waals surface area contributed by atoms with Crippen LogP contribution in [0.5, 0.6) is 11.5 Å². The van der Waals surface area contributed by atoms with E-state index in [4.69, 9.17) is 14.7 Å². The molecule has 0 saturated heterocycles. The topological polar surface area (TPSA) is 109 Å². The van der Waals surface area contributed by atoms with Gasteiger partial charge in [0.1, 0.15) is 13.2 Å². The van der Waals surface area contributed by atoms with Gasteiger partial charge in [0.05, 0.1) is 16.5 Å². The summed E-state index contributed by atoms with van der Waals surface area (Å²) >= 11 is 0. The van der Waals surface area contributed by atoms with Gasteiger partial charge in [-0.3, -0.25) is 4.79 Å². The predicted molar refractivity (Wildman–Crippen MR) is 128 cm³/mol. The van der Waals surface area contributed by atoms with Gasteiger partial charge in [-0.15, -0.1) is 0 Å². The highest BCUT2D eigenvalue weighted by Gasteiger charge is 2.19. The summed E-state index contributed by atoms with van der Waals surface area (Å²) in [6.07, 6.45) is 3.36. The van der Waals surface area contributed by atoms with Gasteiger partial charge >= 0.3 is 0 Å². The van der Waals surface area contributed by atoms with Crippen LogP contribution in [0.15, 0.2) is 47.4 Å². The average molecular weight is 486 g/mol. The molecule has 1 aliphatic heterocycles. The molecule has 0 saturated carbocycles. The molecule has 2 aromatic carbocycles. The van der Waals surface area contributed by atoms with Crippen LogP contribution in [0.25, 0.3) is 0 Å². The van der Waals surface area contributed by atoms with Crippen molar-refractivity contribution in [2.24, 2.45) is 0 Å². The summed E-state index contributed by atoms with van der Waals surface area (Å²) in [6.45, 7) is 4.38. The van der Waals surface area contributed by atoms with Gasteiger partial charge < -0.3 is 14.4 Å². The van der Waals surface area contributed by atoms with Crippen LogP contribution in [0, 0.1) is 11.3 Å². The minimum atomic E-state index is -3.64. The van der Waals surface area contributed by atoms with Crippen molar-refractivity contribution in [2.75, 3.05) is 26.3 Å². The van der Waals surface area contributed by atoms with Crippen LogP contribution in [0.2, 0.25) is 0 Å². The number of nitrogens with one attached hydrogen (secondary N) is 1. The Bertz CT molecular complexity index is 1110. The minimum absolute atomic E-state index is 0.0862. The van der Waals surface area contributed by atoms with Gasteiger partial charge in [-0.05, 0) is 49.1 Å². The number of carbonyl (C=O) groups excluding carboxylic acids is 1. The van der Waals surface area contributed by atoms with Crippen LogP contribution < -0.4 is 14.2 Å². The lowest BCUT2D eigenvalue weighted by molar-refractivity contribution is -0.132. The van der Waals surface area contributed by atoms with Crippen molar-refractivity contribution in [3.8, 4) is 17.6 Å². The third-order valence-corrected chi connectivity index (χ3v) is 6.94. The lowest BCUT2D eigenvalue weighted by Gasteiger charge is -2.22. The normalized spacial score (nSPS) is 12.7. The van der Waals surface area contributed by atoms with Crippen molar-refractivity contribution in [2.45, 2.75) is 50.5 Å². The summed E-state index contributed by atoms with van der Waals surface area (Å²) in [6, 6.07) is 14.0. The zero-order valence-corrected chi connectivity index (χ0v) is 20.3. The minimum Gasteiger partial charge on any atom is -0.486 e. The molecule has 1 amide bonds. The summed E-state index contributed by atoms with van der Waals surface area (Å²) in [5.41, 5.74) is 1.59. The van der Waals surface area contributed by atoms with E-state index >= 15 is 0 Å². The van der Waals surface area contributed by atoms with Crippen molar-refractivity contribution in [3.05, 3.63) is 53.6 Å². The van der Waals surface area contributed by atoms with E-state index in [1.165, 1.54) is 12.1 Å². The molecular formula is C25H31N3O5S. The number of carbonyl (C=O) groups is 1. The molecule has 1 aliphatic rings. The highest BCUT2D eigenvalue weighted by Crippen LogP contribution is 2.32. The quantitative estimate of drug-likeness (QED) is 0.460. The van der Waals surface area contributed by atoms with Gasteiger partial charge in [-0.1, -0.05) is 25.5 Å². The Kier molecular flexibility index (Phi) is 9.31. The number of benzene rings is 2. The molecule has 0 spiro atoms. The maximum atomic E-state index is 12.7. The molecule has 2 aromatic rings. The number of nitrogens with zero attached hydrogens (tertiary/aromatic N) is 2. The number of amides is 1. The number of hydrogen-bond acceptors (Lipinski definition) is 6. The van der Waals surface area contributed by atoms with Crippen molar-refractivity contribution in [3.63, 3.8) is 0 Å². The number of rotatable bonds is 12. The Morgan fingerprint density at radius 3 is 2.50 bits per heavy atom. The zero-order chi connectivity index (χ0) is 24.4. The lowest BCUT2D eigenvalue weighted by Crippen LogP contribution is -2.31. The summed E-state index contributed by atoms with van der Waals surface area (Å²) in [4.78, 5) is 14.7. The maximum absolute atomic E-state index is 12.7. The van der Waals surface area contributed by atoms with E-state index in [-0.39, 0.29) is 10.8 Å². The Balaban J connectivity index is 1.40. The van der Waals surface area contributed by atoms with Crippen molar-refractivity contribution < 1.29 is 22.7 Å². The molecule has 1 N–H and O–H groups in total. The SMILES string of the molecule is CCCN(Cc1ccc(C#N)cc1)C(=O)CCCCCNS(=O)(=O)c1ccc2c(c1)OCCO2. The lowest BCUT2D eigenvalue weighted by atomic mass is 10.1. The average Bonchev–Trinajstić information content (AvgIpc) is 2.85. The van der Waals surface area contributed by atoms with Gasteiger partial charge in [0.15, 0.2) is 11.5 Å². The van der Waals surface area contributed by atoms with Gasteiger partial charge in [-0.25, -0.2) is 13.1 Å². The second-order valence-electron chi connectivity index (χ2n) is 8.14. The first kappa shape index (κ1) is 25.5. The molecule has 0 unspecified atom stereocenters. The Hall–Kier alpha value is -3.09. The first-order chi connectivity index (χ1) is 16.4. The molecule has 0 atom stereocenters. The number of hydrogen-bond donors (Lipinski definition) is 1. The Labute approximate surface area is 201 Å². The molecule has 8 nitrogen and oxygen atoms in total. The fraction of sp³-hybridized carbons (Fsp3) is 0.440. The highest BCUT2D eigenvalue weighted by molar-refractivity contribution is 7.89. The molecule has 34 heavy (non-hydrogen) atoms. The largest absolute Gasteiger partial charge is 0.486 e. The Morgan fingerprint density at radius 2 is 1.79 bits per heavy atom. The molecule has 0 aromatic heterocycles. The van der Waals surface area contributed by atoms with Gasteiger partial charge in [0, 0.05) is 32.1 Å². The molecule has 182 valence electrons. The van der Waals surface area contributed by atoms with Crippen LogP contribution in [0.4, 0.5) is 0 Å². The zero-order valence-electron chi connectivity index (χ0n) is 19.5. The number of sulfonamides is 1. The smallest absolute Gasteiger partial charge is 0.240 e. The molecular weight excluding hydrogens is 454 g/mol. The van der Waals surface area contributed by atoms with Crippen molar-refractivity contribution in [1.82, 2.24) is 9.62 Å². The second kappa shape index (κ2) is 12.4. The van der Waals surface area contributed by atoms with Crippen molar-refractivity contribution >= 4 is 15.9 Å². The van der Waals surface area contributed by atoms with Crippen LogP contribution >= 0.6 is 0 Å². The molecule has 0 radical (unpaired) electrons. The van der Waals surface area contributed by atoms with E-state index in [1.54, 1.807) is 18.2 Å². The van der Waals surface area contributed by atoms with Crippen molar-refractivity contribution in [1.29, 1.82) is 5.26 Å². The molecule has 3 rings (SSSR count). The highest BCUT2D eigenvalue weighted by atomic mass is 32.2. The van der Waals surface area contributed by atoms with Crippen LogP contribution in [-0.4, -0.2) is 45.5 Å². The summed E-state index contributed by atoms with van der Waals surface area (Å²) < 4.78 is 38.6. The standard InChI is InChI=1S/C25H31N3O5S/c1-2-14-28(19-21-9-7-20(18-26)8-10-21)25(29)6-4-3-5-13-27-34(30,31)22-11-12-23-24(17-22)33-16-15-32-23/h7-12,17,27H,2-6,13-16,19H2,1H3. The molecule has 0 aliphatic carbocycles. The van der Waals surface area contributed by atoms with Crippen LogP contribution in [0.1, 0.15) is 50.2 Å². The summed E-state index contributed by atoms with van der Waals surface area (Å²) in [5, 5.41) is 8.92. The maximum Gasteiger partial charge on any atom is 0.240 e. The number of fused-ring (bicyclic) bond motifs is 1. The fourth-order valence-electron chi connectivity index (χ4n) is 3.68. The van der Waals surface area contributed by atoms with Gasteiger partial charge in [-0.2, -0.15) is 5.26 Å². The molecule has 0 fully saturated rings. The second-order valence-corrected chi connectivity index (χ2v) is 9.90. The third-order valence-electron chi connectivity index (χ3n) is 5.49. The van der Waals surface area contributed by atoms with E-state index in [0.717, 1.165) is 18.4 Å². The summed E-state index contributed by atoms with van der Waals surface area (Å²) in [5.74, 6) is 1.07. The number of unbranched alkanes of at least 4 members (excludes halogenated alkanes) is 2. The van der Waals surface area contributed by atoms with E-state index in [1.807, 2.05) is 24.0 Å². The third kappa shape index (κ3) is 7.20. The van der Waals surface area contributed by atoms with Crippen LogP contribution in [-0.2, 0) is 21.4 Å². The number of ether oxygens (including phenoxy) is 2. The first-order valence-corrected chi connectivity index (χ1v) is 13.1. The monoisotopic (exact) mass is 485 g/mol. The summed E-state index contributed by atoms with van der Waals surface area (Å²) in [7, 11) is -3.64. The molecule has 1 heterocycles. The predicted octanol–water partition coefficient (Wildman–Crippen LogP) is 3.61. The molecule has 9 heteroatoms. The van der Waals surface area contributed by atoms with E-state index < -0.39 is 10.0 Å². The number of nitriles is 1. The fourth-order valence-corrected chi connectivity index (χ4v) is 4.77. The van der Waals surface area contributed by atoms with E-state index in [9.17, 15) is 13.2 Å². The van der Waals surface area contributed by atoms with E-state index in [0.29, 0.717) is 69.2 Å². The molecule has 0 bridgehead atoms. The first-order valence-electron chi connectivity index (χ1n) is 11.6.